The normalized spacial score (nSPS) is 12.0. The Balaban J connectivity index is 3.11. The Morgan fingerprint density at radius 3 is 2.12 bits per heavy atom. The van der Waals surface area contributed by atoms with Gasteiger partial charge < -0.3 is 5.11 Å². The van der Waals surface area contributed by atoms with Gasteiger partial charge >= 0.3 is 0 Å². The summed E-state index contributed by atoms with van der Waals surface area (Å²) in [4.78, 5) is 0. The Kier molecular flexibility index (Phi) is 2.90. The molecule has 0 aromatic rings. The highest BCUT2D eigenvalue weighted by Crippen LogP contribution is 2.17. The summed E-state index contributed by atoms with van der Waals surface area (Å²) in [5.41, 5.74) is 0. The highest BCUT2D eigenvalue weighted by Gasteiger charge is 2.19. The standard InChI is InChI=1S/C5H10F2O/c1-5(6,7)3-2-4-8/h8H,2-4H2,1H3. The van der Waals surface area contributed by atoms with Gasteiger partial charge in [0.25, 0.3) is 0 Å². The molecule has 0 aromatic heterocycles. The number of hydrogen-bond acceptors (Lipinski definition) is 1. The maximum Gasteiger partial charge on any atom is 0.245 e. The Bertz CT molecular complexity index is 57.9. The highest BCUT2D eigenvalue weighted by molar-refractivity contribution is 4.55. The molecule has 0 atom stereocenters. The van der Waals surface area contributed by atoms with E-state index in [2.05, 4.69) is 0 Å². The van der Waals surface area contributed by atoms with Crippen molar-refractivity contribution in [3.05, 3.63) is 0 Å². The van der Waals surface area contributed by atoms with Crippen molar-refractivity contribution in [2.45, 2.75) is 25.7 Å². The lowest BCUT2D eigenvalue weighted by Gasteiger charge is -2.06. The molecule has 50 valence electrons. The minimum Gasteiger partial charge on any atom is -0.396 e. The molecule has 0 radical (unpaired) electrons. The minimum absolute atomic E-state index is 0.149. The minimum atomic E-state index is -2.61. The second kappa shape index (κ2) is 2.97. The quantitative estimate of drug-likeness (QED) is 0.603. The zero-order valence-corrected chi connectivity index (χ0v) is 4.82. The third kappa shape index (κ3) is 5.82. The fourth-order valence-electron chi connectivity index (χ4n) is 0.389. The molecule has 0 spiro atoms. The van der Waals surface area contributed by atoms with Crippen LogP contribution in [0, 0.1) is 0 Å². The lowest BCUT2D eigenvalue weighted by molar-refractivity contribution is 0.00677. The number of aliphatic hydroxyl groups is 1. The van der Waals surface area contributed by atoms with E-state index in [4.69, 9.17) is 5.11 Å². The maximum atomic E-state index is 11.8. The molecule has 0 bridgehead atoms. The van der Waals surface area contributed by atoms with E-state index in [0.717, 1.165) is 6.92 Å². The fourth-order valence-corrected chi connectivity index (χ4v) is 0.389. The lowest BCUT2D eigenvalue weighted by Crippen LogP contribution is -2.09. The second-order valence-corrected chi connectivity index (χ2v) is 1.90. The first-order chi connectivity index (χ1) is 3.56. The van der Waals surface area contributed by atoms with E-state index >= 15 is 0 Å². The molecule has 0 saturated carbocycles. The van der Waals surface area contributed by atoms with Gasteiger partial charge in [0.2, 0.25) is 5.92 Å². The predicted octanol–water partition coefficient (Wildman–Crippen LogP) is 1.41. The van der Waals surface area contributed by atoms with Crippen LogP contribution in [-0.4, -0.2) is 17.6 Å². The first kappa shape index (κ1) is 7.82. The van der Waals surface area contributed by atoms with E-state index in [0.29, 0.717) is 0 Å². The largest absolute Gasteiger partial charge is 0.396 e. The molecule has 0 aliphatic carbocycles. The topological polar surface area (TPSA) is 20.2 Å². The third-order valence-electron chi connectivity index (χ3n) is 0.774. The van der Waals surface area contributed by atoms with E-state index in [1.165, 1.54) is 0 Å². The lowest BCUT2D eigenvalue weighted by atomic mass is 10.2. The predicted molar refractivity (Wildman–Crippen MR) is 26.9 cm³/mol. The molecule has 0 aliphatic rings. The van der Waals surface area contributed by atoms with Gasteiger partial charge in [-0.25, -0.2) is 8.78 Å². The van der Waals surface area contributed by atoms with Crippen molar-refractivity contribution >= 4 is 0 Å². The molecular formula is C5H10F2O. The van der Waals surface area contributed by atoms with Gasteiger partial charge in [-0.2, -0.15) is 0 Å². The molecule has 0 saturated heterocycles. The molecule has 0 amide bonds. The first-order valence-corrected chi connectivity index (χ1v) is 2.55. The van der Waals surface area contributed by atoms with Gasteiger partial charge in [-0.1, -0.05) is 0 Å². The molecular weight excluding hydrogens is 114 g/mol. The number of rotatable bonds is 3. The Morgan fingerprint density at radius 1 is 1.50 bits per heavy atom. The highest BCUT2D eigenvalue weighted by atomic mass is 19.3. The first-order valence-electron chi connectivity index (χ1n) is 2.55. The van der Waals surface area contributed by atoms with Crippen LogP contribution in [0.5, 0.6) is 0 Å². The zero-order chi connectivity index (χ0) is 6.62. The van der Waals surface area contributed by atoms with Crippen molar-refractivity contribution in [3.63, 3.8) is 0 Å². The van der Waals surface area contributed by atoms with Crippen molar-refractivity contribution in [2.75, 3.05) is 6.61 Å². The Hall–Kier alpha value is -0.180. The summed E-state index contributed by atoms with van der Waals surface area (Å²) in [7, 11) is 0. The maximum absolute atomic E-state index is 11.8. The van der Waals surface area contributed by atoms with Gasteiger partial charge in [-0.3, -0.25) is 0 Å². The molecule has 8 heavy (non-hydrogen) atoms. The summed E-state index contributed by atoms with van der Waals surface area (Å²) in [5, 5.41) is 8.10. The van der Waals surface area contributed by atoms with Crippen LogP contribution in [0.3, 0.4) is 0 Å². The van der Waals surface area contributed by atoms with Crippen molar-refractivity contribution < 1.29 is 13.9 Å². The van der Waals surface area contributed by atoms with Crippen molar-refractivity contribution in [1.82, 2.24) is 0 Å². The summed E-state index contributed by atoms with van der Waals surface area (Å²) in [5.74, 6) is -2.61. The van der Waals surface area contributed by atoms with Crippen LogP contribution >= 0.6 is 0 Å². The van der Waals surface area contributed by atoms with Crippen LogP contribution in [0.4, 0.5) is 8.78 Å². The van der Waals surface area contributed by atoms with E-state index < -0.39 is 5.92 Å². The Labute approximate surface area is 47.3 Å². The van der Waals surface area contributed by atoms with Gasteiger partial charge in [-0.15, -0.1) is 0 Å². The van der Waals surface area contributed by atoms with Gasteiger partial charge in [0.1, 0.15) is 0 Å². The Morgan fingerprint density at radius 2 is 2.00 bits per heavy atom. The summed E-state index contributed by atoms with van der Waals surface area (Å²) in [6.07, 6.45) is -0.0347. The second-order valence-electron chi connectivity index (χ2n) is 1.90. The molecule has 1 N–H and O–H groups in total. The molecule has 0 aliphatic heterocycles. The smallest absolute Gasteiger partial charge is 0.245 e. The molecule has 0 heterocycles. The molecule has 3 heteroatoms. The number of halogens is 2. The van der Waals surface area contributed by atoms with Crippen LogP contribution in [0.1, 0.15) is 19.8 Å². The zero-order valence-electron chi connectivity index (χ0n) is 4.82. The monoisotopic (exact) mass is 124 g/mol. The molecule has 0 rings (SSSR count). The summed E-state index contributed by atoms with van der Waals surface area (Å²) in [6, 6.07) is 0. The third-order valence-corrected chi connectivity index (χ3v) is 0.774. The van der Waals surface area contributed by atoms with Gasteiger partial charge in [0.05, 0.1) is 0 Å². The van der Waals surface area contributed by atoms with Crippen LogP contribution in [0.2, 0.25) is 0 Å². The van der Waals surface area contributed by atoms with Crippen molar-refractivity contribution in [3.8, 4) is 0 Å². The van der Waals surface area contributed by atoms with E-state index in [9.17, 15) is 8.78 Å². The summed E-state index contributed by atoms with van der Waals surface area (Å²) < 4.78 is 23.6. The summed E-state index contributed by atoms with van der Waals surface area (Å²) in [6.45, 7) is 0.700. The molecule has 0 fully saturated rings. The summed E-state index contributed by atoms with van der Waals surface area (Å²) >= 11 is 0. The average molecular weight is 124 g/mol. The van der Waals surface area contributed by atoms with Gasteiger partial charge in [0, 0.05) is 13.0 Å². The number of aliphatic hydroxyl groups excluding tert-OH is 1. The average Bonchev–Trinajstić information content (AvgIpc) is 1.59. The molecule has 1 nitrogen and oxygen atoms in total. The van der Waals surface area contributed by atoms with Crippen molar-refractivity contribution in [2.24, 2.45) is 0 Å². The fraction of sp³-hybridized carbons (Fsp3) is 1.00. The van der Waals surface area contributed by atoms with E-state index in [1.807, 2.05) is 0 Å². The van der Waals surface area contributed by atoms with Crippen LogP contribution in [0.15, 0.2) is 0 Å². The van der Waals surface area contributed by atoms with Gasteiger partial charge in [0.15, 0.2) is 0 Å². The van der Waals surface area contributed by atoms with E-state index in [1.54, 1.807) is 0 Å². The van der Waals surface area contributed by atoms with Crippen LogP contribution in [-0.2, 0) is 0 Å². The molecule has 0 unspecified atom stereocenters. The van der Waals surface area contributed by atoms with Crippen LogP contribution < -0.4 is 0 Å². The number of alkyl halides is 2. The van der Waals surface area contributed by atoms with Crippen LogP contribution in [0.25, 0.3) is 0 Å². The SMILES string of the molecule is CC(F)(F)CCCO. The van der Waals surface area contributed by atoms with Gasteiger partial charge in [-0.05, 0) is 13.3 Å². The number of hydrogen-bond donors (Lipinski definition) is 1. The van der Waals surface area contributed by atoms with E-state index in [-0.39, 0.29) is 19.4 Å². The molecule has 0 aromatic carbocycles. The van der Waals surface area contributed by atoms with Crippen molar-refractivity contribution in [1.29, 1.82) is 0 Å².